The highest BCUT2D eigenvalue weighted by Gasteiger charge is 2.25. The Morgan fingerprint density at radius 1 is 1.53 bits per heavy atom. The van der Waals surface area contributed by atoms with E-state index in [-0.39, 0.29) is 11.5 Å². The number of nitrogens with two attached hydrogens (primary N) is 1. The normalized spacial score (nSPS) is 23.8. The topological polar surface area (TPSA) is 55.6 Å². The number of piperidine rings is 1. The van der Waals surface area contributed by atoms with Gasteiger partial charge in [0.05, 0.1) is 0 Å². The minimum absolute atomic E-state index is 0.0152. The van der Waals surface area contributed by atoms with Crippen LogP contribution in [0.2, 0.25) is 0 Å². The number of hydrogen-bond acceptors (Lipinski definition) is 3. The molecule has 0 aliphatic carbocycles. The molecule has 88 valence electrons. The van der Waals surface area contributed by atoms with Crippen LogP contribution in [-0.2, 0) is 4.74 Å². The predicted molar refractivity (Wildman–Crippen MR) is 59.6 cm³/mol. The number of carbonyl (C=O) groups excluding carboxylic acids is 1. The molecule has 4 nitrogen and oxygen atoms in total. The Labute approximate surface area is 91.8 Å². The highest BCUT2D eigenvalue weighted by atomic mass is 16.6. The number of likely N-dealkylation sites (tertiary alicyclic amines) is 1. The molecule has 0 radical (unpaired) electrons. The number of ether oxygens (including phenoxy) is 1. The molecule has 0 spiro atoms. The van der Waals surface area contributed by atoms with E-state index in [1.54, 1.807) is 0 Å². The fourth-order valence-electron chi connectivity index (χ4n) is 2.09. The summed E-state index contributed by atoms with van der Waals surface area (Å²) in [6, 6.07) is 0. The lowest BCUT2D eigenvalue weighted by molar-refractivity contribution is 0.0359. The molecule has 1 fully saturated rings. The summed E-state index contributed by atoms with van der Waals surface area (Å²) in [6.45, 7) is 9.59. The molecular formula is C11H22N2O2. The second-order valence-electron chi connectivity index (χ2n) is 5.50. The van der Waals surface area contributed by atoms with Crippen molar-refractivity contribution in [3.63, 3.8) is 0 Å². The van der Waals surface area contributed by atoms with E-state index in [1.807, 2.05) is 0 Å². The van der Waals surface area contributed by atoms with Gasteiger partial charge in [-0.05, 0) is 24.8 Å². The third-order valence-corrected chi connectivity index (χ3v) is 2.44. The van der Waals surface area contributed by atoms with E-state index in [0.29, 0.717) is 0 Å². The van der Waals surface area contributed by atoms with Crippen LogP contribution in [-0.4, -0.2) is 36.7 Å². The van der Waals surface area contributed by atoms with Crippen LogP contribution in [0, 0.1) is 5.41 Å². The van der Waals surface area contributed by atoms with Crippen molar-refractivity contribution >= 4 is 6.09 Å². The number of hydrogen-bond donors (Lipinski definition) is 1. The molecule has 1 aliphatic heterocycles. The van der Waals surface area contributed by atoms with Crippen molar-refractivity contribution < 1.29 is 9.53 Å². The van der Waals surface area contributed by atoms with Crippen molar-refractivity contribution in [2.75, 3.05) is 19.6 Å². The Hall–Kier alpha value is -0.770. The minimum atomic E-state index is -0.655. The van der Waals surface area contributed by atoms with Crippen LogP contribution in [0.1, 0.15) is 33.6 Å². The number of amides is 1. The molecule has 0 aromatic carbocycles. The zero-order valence-corrected chi connectivity index (χ0v) is 9.95. The molecule has 1 amide bonds. The quantitative estimate of drug-likeness (QED) is 0.759. The summed E-state index contributed by atoms with van der Waals surface area (Å²) < 4.78 is 5.03. The average molecular weight is 214 g/mol. The van der Waals surface area contributed by atoms with Gasteiger partial charge in [-0.3, -0.25) is 4.90 Å². The summed E-state index contributed by atoms with van der Waals surface area (Å²) in [4.78, 5) is 13.0. The van der Waals surface area contributed by atoms with Crippen molar-refractivity contribution in [3.05, 3.63) is 0 Å². The van der Waals surface area contributed by atoms with Crippen molar-refractivity contribution in [2.45, 2.75) is 39.7 Å². The van der Waals surface area contributed by atoms with Gasteiger partial charge in [0, 0.05) is 13.1 Å². The molecule has 0 aromatic heterocycles. The molecule has 15 heavy (non-hydrogen) atoms. The van der Waals surface area contributed by atoms with Crippen LogP contribution < -0.4 is 5.73 Å². The molecule has 0 bridgehead atoms. The van der Waals surface area contributed by atoms with Crippen LogP contribution >= 0.6 is 0 Å². The summed E-state index contributed by atoms with van der Waals surface area (Å²) in [6.07, 6.45) is 1.34. The fourth-order valence-corrected chi connectivity index (χ4v) is 2.09. The molecule has 4 heteroatoms. The maximum atomic E-state index is 10.6. The van der Waals surface area contributed by atoms with Crippen LogP contribution in [0.4, 0.5) is 4.79 Å². The lowest BCUT2D eigenvalue weighted by Crippen LogP contribution is -2.44. The van der Waals surface area contributed by atoms with Gasteiger partial charge in [-0.15, -0.1) is 0 Å². The molecule has 1 unspecified atom stereocenters. The SMILES string of the molecule is CC(C)(C)CN1CCCC(OC(N)=O)C1. The highest BCUT2D eigenvalue weighted by molar-refractivity contribution is 5.64. The third-order valence-electron chi connectivity index (χ3n) is 2.44. The standard InChI is InChI=1S/C11H22N2O2/c1-11(2,3)8-13-6-4-5-9(7-13)15-10(12)14/h9H,4-8H2,1-3H3,(H2,12,14). The van der Waals surface area contributed by atoms with Gasteiger partial charge in [-0.1, -0.05) is 20.8 Å². The second-order valence-corrected chi connectivity index (χ2v) is 5.50. The van der Waals surface area contributed by atoms with Gasteiger partial charge >= 0.3 is 6.09 Å². The summed E-state index contributed by atoms with van der Waals surface area (Å²) in [5.41, 5.74) is 5.30. The van der Waals surface area contributed by atoms with Gasteiger partial charge in [0.15, 0.2) is 0 Å². The van der Waals surface area contributed by atoms with Crippen LogP contribution in [0.25, 0.3) is 0 Å². The molecule has 0 saturated carbocycles. The number of rotatable bonds is 2. The number of primary amides is 1. The Morgan fingerprint density at radius 3 is 2.73 bits per heavy atom. The highest BCUT2D eigenvalue weighted by Crippen LogP contribution is 2.20. The zero-order valence-electron chi connectivity index (χ0n) is 9.95. The molecular weight excluding hydrogens is 192 g/mol. The molecule has 0 aromatic rings. The van der Waals surface area contributed by atoms with Gasteiger partial charge in [0.2, 0.25) is 0 Å². The van der Waals surface area contributed by atoms with Crippen molar-refractivity contribution in [1.82, 2.24) is 4.90 Å². The monoisotopic (exact) mass is 214 g/mol. The van der Waals surface area contributed by atoms with Crippen LogP contribution in [0.3, 0.4) is 0 Å². The molecule has 1 aliphatic rings. The Morgan fingerprint density at radius 2 is 2.20 bits per heavy atom. The summed E-state index contributed by atoms with van der Waals surface area (Å²) in [5, 5.41) is 0. The zero-order chi connectivity index (χ0) is 11.5. The van der Waals surface area contributed by atoms with E-state index >= 15 is 0 Å². The average Bonchev–Trinajstić information content (AvgIpc) is 1.99. The van der Waals surface area contributed by atoms with E-state index < -0.39 is 6.09 Å². The number of carbonyl (C=O) groups is 1. The van der Waals surface area contributed by atoms with E-state index in [1.165, 1.54) is 0 Å². The maximum absolute atomic E-state index is 10.6. The summed E-state index contributed by atoms with van der Waals surface area (Å²) >= 11 is 0. The molecule has 1 saturated heterocycles. The lowest BCUT2D eigenvalue weighted by atomic mass is 9.94. The van der Waals surface area contributed by atoms with Crippen molar-refractivity contribution in [3.8, 4) is 0 Å². The van der Waals surface area contributed by atoms with Gasteiger partial charge in [-0.2, -0.15) is 0 Å². The maximum Gasteiger partial charge on any atom is 0.404 e. The van der Waals surface area contributed by atoms with E-state index in [9.17, 15) is 4.79 Å². The smallest absolute Gasteiger partial charge is 0.404 e. The molecule has 1 atom stereocenters. The molecule has 1 heterocycles. The third kappa shape index (κ3) is 5.02. The second kappa shape index (κ2) is 4.84. The molecule has 2 N–H and O–H groups in total. The Kier molecular flexibility index (Phi) is 3.97. The summed E-state index contributed by atoms with van der Waals surface area (Å²) in [5.74, 6) is 0. The van der Waals surface area contributed by atoms with Gasteiger partial charge < -0.3 is 10.5 Å². The molecule has 1 rings (SSSR count). The Bertz CT molecular complexity index is 223. The van der Waals surface area contributed by atoms with E-state index in [4.69, 9.17) is 10.5 Å². The van der Waals surface area contributed by atoms with Gasteiger partial charge in [0.25, 0.3) is 0 Å². The largest absolute Gasteiger partial charge is 0.445 e. The van der Waals surface area contributed by atoms with Crippen LogP contribution in [0.5, 0.6) is 0 Å². The Balaban J connectivity index is 2.38. The lowest BCUT2D eigenvalue weighted by Gasteiger charge is -2.35. The number of nitrogens with zero attached hydrogens (tertiary/aromatic N) is 1. The first-order valence-corrected chi connectivity index (χ1v) is 5.55. The van der Waals surface area contributed by atoms with Crippen molar-refractivity contribution in [1.29, 1.82) is 0 Å². The first-order valence-electron chi connectivity index (χ1n) is 5.55. The minimum Gasteiger partial charge on any atom is -0.445 e. The summed E-state index contributed by atoms with van der Waals surface area (Å²) in [7, 11) is 0. The first-order chi connectivity index (χ1) is 6.87. The van der Waals surface area contributed by atoms with Crippen LogP contribution in [0.15, 0.2) is 0 Å². The van der Waals surface area contributed by atoms with E-state index in [0.717, 1.165) is 32.5 Å². The predicted octanol–water partition coefficient (Wildman–Crippen LogP) is 1.59. The first kappa shape index (κ1) is 12.3. The van der Waals surface area contributed by atoms with Gasteiger partial charge in [0.1, 0.15) is 6.10 Å². The van der Waals surface area contributed by atoms with Crippen molar-refractivity contribution in [2.24, 2.45) is 11.1 Å². The van der Waals surface area contributed by atoms with Gasteiger partial charge in [-0.25, -0.2) is 4.79 Å². The van der Waals surface area contributed by atoms with E-state index in [2.05, 4.69) is 25.7 Å². The fraction of sp³-hybridized carbons (Fsp3) is 0.909.